The Morgan fingerprint density at radius 1 is 1.29 bits per heavy atom. The first-order valence-corrected chi connectivity index (χ1v) is 6.66. The van der Waals surface area contributed by atoms with E-state index < -0.39 is 22.5 Å². The number of nitrogens with one attached hydrogen (secondary N) is 1. The Hall–Kier alpha value is -2.22. The highest BCUT2D eigenvalue weighted by molar-refractivity contribution is 5.38. The predicted octanol–water partition coefficient (Wildman–Crippen LogP) is 3.74. The molecule has 21 heavy (non-hydrogen) atoms. The van der Waals surface area contributed by atoms with Gasteiger partial charge in [-0.15, -0.1) is 0 Å². The molecule has 0 aliphatic heterocycles. The third-order valence-electron chi connectivity index (χ3n) is 3.87. The molecule has 0 spiro atoms. The molecular formula is C16H17F2N3. The summed E-state index contributed by atoms with van der Waals surface area (Å²) in [6, 6.07) is 6.16. The van der Waals surface area contributed by atoms with Gasteiger partial charge in [-0.1, -0.05) is 32.9 Å². The normalized spacial score (nSPS) is 14.5. The Bertz CT molecular complexity index is 666. The summed E-state index contributed by atoms with van der Waals surface area (Å²) < 4.78 is 27.9. The van der Waals surface area contributed by atoms with E-state index in [0.717, 1.165) is 6.07 Å². The Morgan fingerprint density at radius 3 is 2.52 bits per heavy atom. The van der Waals surface area contributed by atoms with Gasteiger partial charge in [0.05, 0.1) is 11.5 Å². The zero-order valence-electron chi connectivity index (χ0n) is 12.2. The van der Waals surface area contributed by atoms with Gasteiger partial charge >= 0.3 is 0 Å². The van der Waals surface area contributed by atoms with Crippen molar-refractivity contribution in [3.8, 4) is 6.07 Å². The summed E-state index contributed by atoms with van der Waals surface area (Å²) in [6.07, 6.45) is 3.39. The van der Waals surface area contributed by atoms with Crippen molar-refractivity contribution in [1.29, 1.82) is 5.26 Å². The number of hydrogen-bond donors (Lipinski definition) is 1. The Kier molecular flexibility index (Phi) is 3.82. The Morgan fingerprint density at radius 2 is 2.00 bits per heavy atom. The van der Waals surface area contributed by atoms with E-state index in [1.807, 2.05) is 20.8 Å². The van der Waals surface area contributed by atoms with Crippen LogP contribution in [0.4, 0.5) is 8.78 Å². The molecule has 1 heterocycles. The van der Waals surface area contributed by atoms with Crippen LogP contribution in [-0.2, 0) is 11.8 Å². The van der Waals surface area contributed by atoms with Crippen LogP contribution < -0.4 is 0 Å². The van der Waals surface area contributed by atoms with Crippen LogP contribution in [0.3, 0.4) is 0 Å². The SMILES string of the molecule is CC(C)(C)C(C#N)(Cc1ncc[nH]1)c1cccc(F)c1F. The third-order valence-corrected chi connectivity index (χ3v) is 3.87. The average Bonchev–Trinajstić information content (AvgIpc) is 2.91. The smallest absolute Gasteiger partial charge is 0.163 e. The molecule has 110 valence electrons. The van der Waals surface area contributed by atoms with Gasteiger partial charge in [0, 0.05) is 24.4 Å². The van der Waals surface area contributed by atoms with E-state index in [1.165, 1.54) is 12.1 Å². The lowest BCUT2D eigenvalue weighted by atomic mass is 9.61. The largest absolute Gasteiger partial charge is 0.349 e. The van der Waals surface area contributed by atoms with E-state index in [2.05, 4.69) is 16.0 Å². The maximum atomic E-state index is 14.3. The van der Waals surface area contributed by atoms with Crippen molar-refractivity contribution >= 4 is 0 Å². The number of aromatic amines is 1. The number of imidazole rings is 1. The number of halogens is 2. The average molecular weight is 289 g/mol. The maximum absolute atomic E-state index is 14.3. The lowest BCUT2D eigenvalue weighted by Crippen LogP contribution is -2.42. The second-order valence-corrected chi connectivity index (χ2v) is 6.08. The quantitative estimate of drug-likeness (QED) is 0.935. The third kappa shape index (κ3) is 2.54. The lowest BCUT2D eigenvalue weighted by Gasteiger charge is -2.39. The van der Waals surface area contributed by atoms with Gasteiger partial charge < -0.3 is 4.98 Å². The van der Waals surface area contributed by atoms with Gasteiger partial charge in [0.15, 0.2) is 11.6 Å². The molecule has 0 bridgehead atoms. The van der Waals surface area contributed by atoms with E-state index in [9.17, 15) is 14.0 Å². The molecule has 0 aliphatic rings. The van der Waals surface area contributed by atoms with Crippen molar-refractivity contribution < 1.29 is 8.78 Å². The minimum Gasteiger partial charge on any atom is -0.349 e. The zero-order chi connectivity index (χ0) is 15.7. The van der Waals surface area contributed by atoms with Gasteiger partial charge in [-0.05, 0) is 11.5 Å². The molecule has 3 nitrogen and oxygen atoms in total. The zero-order valence-corrected chi connectivity index (χ0v) is 12.2. The van der Waals surface area contributed by atoms with E-state index >= 15 is 0 Å². The highest BCUT2D eigenvalue weighted by atomic mass is 19.2. The topological polar surface area (TPSA) is 52.5 Å². The Balaban J connectivity index is 2.66. The van der Waals surface area contributed by atoms with Crippen molar-refractivity contribution in [3.05, 3.63) is 53.6 Å². The molecule has 0 fully saturated rings. The Labute approximate surface area is 122 Å². The molecule has 0 radical (unpaired) electrons. The van der Waals surface area contributed by atoms with Crippen LogP contribution in [-0.4, -0.2) is 9.97 Å². The molecule has 2 rings (SSSR count). The molecule has 1 unspecified atom stereocenters. The van der Waals surface area contributed by atoms with Crippen molar-refractivity contribution in [2.24, 2.45) is 5.41 Å². The second kappa shape index (κ2) is 5.28. The molecule has 0 saturated carbocycles. The number of benzene rings is 1. The minimum atomic E-state index is -1.23. The first-order valence-electron chi connectivity index (χ1n) is 6.66. The summed E-state index contributed by atoms with van der Waals surface area (Å²) in [5, 5.41) is 9.80. The number of rotatable bonds is 3. The van der Waals surface area contributed by atoms with Crippen LogP contribution in [0, 0.1) is 28.4 Å². The highest BCUT2D eigenvalue weighted by Crippen LogP contribution is 2.44. The monoisotopic (exact) mass is 289 g/mol. The van der Waals surface area contributed by atoms with Crippen molar-refractivity contribution in [1.82, 2.24) is 9.97 Å². The minimum absolute atomic E-state index is 0.0638. The van der Waals surface area contributed by atoms with Gasteiger partial charge in [-0.25, -0.2) is 13.8 Å². The lowest BCUT2D eigenvalue weighted by molar-refractivity contribution is 0.231. The summed E-state index contributed by atoms with van der Waals surface area (Å²) in [6.45, 7) is 5.51. The predicted molar refractivity (Wildman–Crippen MR) is 75.4 cm³/mol. The standard InChI is InChI=1S/C16H17F2N3/c1-15(2,3)16(10-19,9-13-20-7-8-21-13)11-5-4-6-12(17)14(11)18/h4-8H,9H2,1-3H3,(H,20,21). The molecule has 0 aliphatic carbocycles. The molecule has 1 aromatic carbocycles. The van der Waals surface area contributed by atoms with Gasteiger partial charge in [0.25, 0.3) is 0 Å². The second-order valence-electron chi connectivity index (χ2n) is 6.08. The van der Waals surface area contributed by atoms with Crippen LogP contribution in [0.2, 0.25) is 0 Å². The summed E-state index contributed by atoms with van der Waals surface area (Å²) in [5.41, 5.74) is -1.77. The van der Waals surface area contributed by atoms with Crippen LogP contribution in [0.25, 0.3) is 0 Å². The van der Waals surface area contributed by atoms with Gasteiger partial charge in [0.2, 0.25) is 0 Å². The van der Waals surface area contributed by atoms with E-state index in [1.54, 1.807) is 12.4 Å². The number of H-pyrrole nitrogens is 1. The molecule has 0 saturated heterocycles. The molecule has 1 atom stereocenters. The van der Waals surface area contributed by atoms with Gasteiger partial charge in [-0.3, -0.25) is 0 Å². The molecule has 2 aromatic rings. The first-order chi connectivity index (χ1) is 9.82. The van der Waals surface area contributed by atoms with Crippen molar-refractivity contribution in [2.75, 3.05) is 0 Å². The summed E-state index contributed by atoms with van der Waals surface area (Å²) in [4.78, 5) is 7.04. The fourth-order valence-corrected chi connectivity index (χ4v) is 2.51. The highest BCUT2D eigenvalue weighted by Gasteiger charge is 2.46. The molecule has 1 N–H and O–H groups in total. The van der Waals surface area contributed by atoms with Crippen LogP contribution in [0.1, 0.15) is 32.2 Å². The van der Waals surface area contributed by atoms with Gasteiger partial charge in [0.1, 0.15) is 5.82 Å². The molecule has 1 aromatic heterocycles. The van der Waals surface area contributed by atoms with Crippen LogP contribution in [0.15, 0.2) is 30.6 Å². The van der Waals surface area contributed by atoms with Crippen molar-refractivity contribution in [2.45, 2.75) is 32.6 Å². The fraction of sp³-hybridized carbons (Fsp3) is 0.375. The fourth-order valence-electron chi connectivity index (χ4n) is 2.51. The van der Waals surface area contributed by atoms with E-state index in [-0.39, 0.29) is 12.0 Å². The number of aromatic nitrogens is 2. The number of hydrogen-bond acceptors (Lipinski definition) is 2. The van der Waals surface area contributed by atoms with Crippen LogP contribution in [0.5, 0.6) is 0 Å². The number of nitrogens with zero attached hydrogens (tertiary/aromatic N) is 2. The summed E-state index contributed by atoms with van der Waals surface area (Å²) >= 11 is 0. The molecule has 0 amide bonds. The van der Waals surface area contributed by atoms with E-state index in [0.29, 0.717) is 5.82 Å². The number of nitriles is 1. The molecule has 5 heteroatoms. The molecular weight excluding hydrogens is 272 g/mol. The maximum Gasteiger partial charge on any atom is 0.163 e. The summed E-state index contributed by atoms with van der Waals surface area (Å²) in [7, 11) is 0. The first kappa shape index (κ1) is 15.2. The van der Waals surface area contributed by atoms with Gasteiger partial charge in [-0.2, -0.15) is 5.26 Å². The van der Waals surface area contributed by atoms with Crippen molar-refractivity contribution in [3.63, 3.8) is 0 Å². The van der Waals surface area contributed by atoms with Crippen LogP contribution >= 0.6 is 0 Å². The van der Waals surface area contributed by atoms with E-state index in [4.69, 9.17) is 0 Å². The summed E-state index contributed by atoms with van der Waals surface area (Å²) in [5.74, 6) is -1.36.